The van der Waals surface area contributed by atoms with Crippen molar-refractivity contribution >= 4 is 17.5 Å². The Bertz CT molecular complexity index is 622. The first kappa shape index (κ1) is 19.4. The lowest BCUT2D eigenvalue weighted by molar-refractivity contribution is -0.137. The number of benzene rings is 1. The van der Waals surface area contributed by atoms with Gasteiger partial charge in [0, 0.05) is 37.9 Å². The zero-order chi connectivity index (χ0) is 18.6. The monoisotopic (exact) mass is 346 g/mol. The maximum absolute atomic E-state index is 12.3. The average Bonchev–Trinajstić information content (AvgIpc) is 2.58. The van der Waals surface area contributed by atoms with Crippen LogP contribution in [0.1, 0.15) is 25.0 Å². The molecular weight excluding hydrogens is 316 g/mol. The molecule has 2 rings (SSSR count). The van der Waals surface area contributed by atoms with Crippen molar-refractivity contribution in [3.63, 3.8) is 0 Å². The molecule has 0 saturated carbocycles. The van der Waals surface area contributed by atoms with E-state index in [0.717, 1.165) is 16.8 Å². The highest BCUT2D eigenvalue weighted by atomic mass is 16.2. The molecule has 1 heterocycles. The smallest absolute Gasteiger partial charge is 0.238 e. The predicted octanol–water partition coefficient (Wildman–Crippen LogP) is 1.37. The molecule has 0 aromatic heterocycles. The van der Waals surface area contributed by atoms with Crippen LogP contribution in [-0.4, -0.2) is 60.4 Å². The average molecular weight is 346 g/mol. The number of nitrogens with one attached hydrogen (secondary N) is 1. The second kappa shape index (κ2) is 8.45. The van der Waals surface area contributed by atoms with E-state index in [9.17, 15) is 9.59 Å². The molecule has 1 saturated heterocycles. The van der Waals surface area contributed by atoms with Gasteiger partial charge in [0.15, 0.2) is 0 Å². The molecule has 138 valence electrons. The number of piperazine rings is 1. The number of rotatable bonds is 5. The summed E-state index contributed by atoms with van der Waals surface area (Å²) < 4.78 is 0. The van der Waals surface area contributed by atoms with Gasteiger partial charge in [-0.3, -0.25) is 14.5 Å². The molecule has 3 N–H and O–H groups in total. The van der Waals surface area contributed by atoms with E-state index in [1.807, 2.05) is 50.8 Å². The third kappa shape index (κ3) is 5.03. The number of nitrogens with two attached hydrogens (primary N) is 1. The fourth-order valence-corrected chi connectivity index (χ4v) is 2.92. The van der Waals surface area contributed by atoms with Crippen LogP contribution >= 0.6 is 0 Å². The summed E-state index contributed by atoms with van der Waals surface area (Å²) >= 11 is 0. The molecule has 1 aliphatic rings. The largest absolute Gasteiger partial charge is 0.340 e. The van der Waals surface area contributed by atoms with Gasteiger partial charge in [-0.05, 0) is 38.0 Å². The minimum Gasteiger partial charge on any atom is -0.340 e. The summed E-state index contributed by atoms with van der Waals surface area (Å²) in [7, 11) is 0. The maximum atomic E-state index is 12.3. The van der Waals surface area contributed by atoms with Crippen LogP contribution in [0.25, 0.3) is 0 Å². The van der Waals surface area contributed by atoms with Gasteiger partial charge in [-0.1, -0.05) is 19.1 Å². The van der Waals surface area contributed by atoms with Crippen molar-refractivity contribution in [2.75, 3.05) is 38.0 Å². The van der Waals surface area contributed by atoms with E-state index >= 15 is 0 Å². The van der Waals surface area contributed by atoms with Crippen LogP contribution in [-0.2, 0) is 9.59 Å². The molecule has 0 bridgehead atoms. The predicted molar refractivity (Wildman–Crippen MR) is 100 cm³/mol. The molecule has 2 amide bonds. The Kier molecular flexibility index (Phi) is 6.56. The van der Waals surface area contributed by atoms with Gasteiger partial charge in [0.2, 0.25) is 11.8 Å². The van der Waals surface area contributed by atoms with Gasteiger partial charge in [0.25, 0.3) is 0 Å². The first-order valence-electron chi connectivity index (χ1n) is 8.92. The molecule has 1 aromatic carbocycles. The van der Waals surface area contributed by atoms with Gasteiger partial charge in [-0.15, -0.1) is 0 Å². The van der Waals surface area contributed by atoms with Gasteiger partial charge in [-0.2, -0.15) is 0 Å². The zero-order valence-electron chi connectivity index (χ0n) is 15.7. The molecule has 0 aliphatic carbocycles. The summed E-state index contributed by atoms with van der Waals surface area (Å²) in [4.78, 5) is 28.6. The van der Waals surface area contributed by atoms with E-state index in [1.54, 1.807) is 0 Å². The summed E-state index contributed by atoms with van der Waals surface area (Å²) in [5.74, 6) is -0.0777. The standard InChI is InChI=1S/C19H30N4O2/c1-13-6-5-7-17(14(13)2)21-18(24)12-22-8-10-23(11-9-22)19(25)15(3)16(4)20/h5-7,15-16H,8-12,20H2,1-4H3,(H,21,24). The first-order valence-corrected chi connectivity index (χ1v) is 8.92. The van der Waals surface area contributed by atoms with Crippen LogP contribution in [0.5, 0.6) is 0 Å². The highest BCUT2D eigenvalue weighted by Gasteiger charge is 2.27. The van der Waals surface area contributed by atoms with Gasteiger partial charge in [0.1, 0.15) is 0 Å². The maximum Gasteiger partial charge on any atom is 0.238 e. The lowest BCUT2D eigenvalue weighted by Gasteiger charge is -2.36. The van der Waals surface area contributed by atoms with Crippen molar-refractivity contribution in [2.45, 2.75) is 33.7 Å². The van der Waals surface area contributed by atoms with E-state index in [-0.39, 0.29) is 23.8 Å². The summed E-state index contributed by atoms with van der Waals surface area (Å²) in [5, 5.41) is 2.99. The normalized spacial score (nSPS) is 17.9. The second-order valence-electron chi connectivity index (χ2n) is 7.04. The Hall–Kier alpha value is -1.92. The Morgan fingerprint density at radius 3 is 2.40 bits per heavy atom. The molecule has 1 aliphatic heterocycles. The Morgan fingerprint density at radius 2 is 1.80 bits per heavy atom. The van der Waals surface area contributed by atoms with Crippen molar-refractivity contribution in [3.8, 4) is 0 Å². The van der Waals surface area contributed by atoms with Crippen LogP contribution in [0.4, 0.5) is 5.69 Å². The zero-order valence-corrected chi connectivity index (χ0v) is 15.7. The number of carbonyl (C=O) groups excluding carboxylic acids is 2. The minimum atomic E-state index is -0.167. The third-order valence-corrected chi connectivity index (χ3v) is 5.11. The van der Waals surface area contributed by atoms with Crippen molar-refractivity contribution in [1.82, 2.24) is 9.80 Å². The SMILES string of the molecule is Cc1cccc(NC(=O)CN2CCN(C(=O)C(C)C(C)N)CC2)c1C. The van der Waals surface area contributed by atoms with Crippen molar-refractivity contribution in [3.05, 3.63) is 29.3 Å². The Balaban J connectivity index is 1.82. The number of nitrogens with zero attached hydrogens (tertiary/aromatic N) is 2. The highest BCUT2D eigenvalue weighted by Crippen LogP contribution is 2.18. The molecule has 25 heavy (non-hydrogen) atoms. The first-order chi connectivity index (χ1) is 11.8. The molecule has 2 atom stereocenters. The van der Waals surface area contributed by atoms with E-state index in [0.29, 0.717) is 32.7 Å². The van der Waals surface area contributed by atoms with Crippen LogP contribution in [0.3, 0.4) is 0 Å². The van der Waals surface area contributed by atoms with Gasteiger partial charge in [0.05, 0.1) is 12.5 Å². The highest BCUT2D eigenvalue weighted by molar-refractivity contribution is 5.93. The van der Waals surface area contributed by atoms with Gasteiger partial charge in [-0.25, -0.2) is 0 Å². The molecule has 0 spiro atoms. The number of amides is 2. The van der Waals surface area contributed by atoms with E-state index in [2.05, 4.69) is 10.2 Å². The quantitative estimate of drug-likeness (QED) is 0.844. The van der Waals surface area contributed by atoms with Crippen molar-refractivity contribution in [1.29, 1.82) is 0 Å². The summed E-state index contributed by atoms with van der Waals surface area (Å²) in [6, 6.07) is 5.76. The molecular formula is C19H30N4O2. The van der Waals surface area contributed by atoms with E-state index < -0.39 is 0 Å². The number of carbonyl (C=O) groups is 2. The third-order valence-electron chi connectivity index (χ3n) is 5.11. The van der Waals surface area contributed by atoms with Crippen LogP contribution in [0.15, 0.2) is 18.2 Å². The Morgan fingerprint density at radius 1 is 1.16 bits per heavy atom. The van der Waals surface area contributed by atoms with Gasteiger partial charge >= 0.3 is 0 Å². The van der Waals surface area contributed by atoms with Crippen LogP contribution < -0.4 is 11.1 Å². The second-order valence-corrected chi connectivity index (χ2v) is 7.04. The number of anilines is 1. The van der Waals surface area contributed by atoms with E-state index in [4.69, 9.17) is 5.73 Å². The summed E-state index contributed by atoms with van der Waals surface area (Å²) in [5.41, 5.74) is 8.94. The summed E-state index contributed by atoms with van der Waals surface area (Å²) in [6.45, 7) is 10.8. The number of hydrogen-bond acceptors (Lipinski definition) is 4. The minimum absolute atomic E-state index is 0.0163. The van der Waals surface area contributed by atoms with Gasteiger partial charge < -0.3 is 16.0 Å². The van der Waals surface area contributed by atoms with Crippen molar-refractivity contribution < 1.29 is 9.59 Å². The summed E-state index contributed by atoms with van der Waals surface area (Å²) in [6.07, 6.45) is 0. The number of aryl methyl sites for hydroxylation is 1. The van der Waals surface area contributed by atoms with E-state index in [1.165, 1.54) is 0 Å². The lowest BCUT2D eigenvalue weighted by Crippen LogP contribution is -2.53. The Labute approximate surface area is 150 Å². The van der Waals surface area contributed by atoms with Crippen LogP contribution in [0.2, 0.25) is 0 Å². The molecule has 6 heteroatoms. The molecule has 1 aromatic rings. The fraction of sp³-hybridized carbons (Fsp3) is 0.579. The van der Waals surface area contributed by atoms with Crippen molar-refractivity contribution in [2.24, 2.45) is 11.7 Å². The molecule has 1 fully saturated rings. The fourth-order valence-electron chi connectivity index (χ4n) is 2.92. The number of hydrogen-bond donors (Lipinski definition) is 2. The van der Waals surface area contributed by atoms with Crippen LogP contribution in [0, 0.1) is 19.8 Å². The molecule has 6 nitrogen and oxygen atoms in total. The molecule has 0 radical (unpaired) electrons. The lowest BCUT2D eigenvalue weighted by atomic mass is 10.0. The molecule has 2 unspecified atom stereocenters. The topological polar surface area (TPSA) is 78.7 Å².